The highest BCUT2D eigenvalue weighted by Gasteiger charge is 2.33. The van der Waals surface area contributed by atoms with Crippen LogP contribution in [-0.2, 0) is 17.0 Å². The van der Waals surface area contributed by atoms with Gasteiger partial charge in [0.25, 0.3) is 0 Å². The smallest absolute Gasteiger partial charge is 0.321 e. The number of nitrogens with zero attached hydrogens (tertiary/aromatic N) is 3. The molecule has 184 valence electrons. The summed E-state index contributed by atoms with van der Waals surface area (Å²) in [5, 5.41) is 27.2. The Bertz CT molecular complexity index is 1480. The van der Waals surface area contributed by atoms with Gasteiger partial charge in [0.05, 0.1) is 17.5 Å². The first kappa shape index (κ1) is 24.5. The number of nitriles is 1. The fourth-order valence-electron chi connectivity index (χ4n) is 4.47. The van der Waals surface area contributed by atoms with Gasteiger partial charge < -0.3 is 10.4 Å². The number of rotatable bonds is 9. The monoisotopic (exact) mass is 508 g/mol. The van der Waals surface area contributed by atoms with E-state index in [1.54, 1.807) is 16.4 Å². The Morgan fingerprint density at radius 1 is 1.03 bits per heavy atom. The minimum absolute atomic E-state index is 0.0875. The molecular weight excluding hydrogens is 484 g/mol. The topological polar surface area (TPSA) is 108 Å². The largest absolute Gasteiger partial charge is 0.480 e. The lowest BCUT2D eigenvalue weighted by Crippen LogP contribution is -2.42. The number of thioether (sulfide) groups is 1. The lowest BCUT2D eigenvalue weighted by molar-refractivity contribution is -0.139. The summed E-state index contributed by atoms with van der Waals surface area (Å²) < 4.78 is 1.78. The van der Waals surface area contributed by atoms with Gasteiger partial charge >= 0.3 is 5.97 Å². The molecule has 2 heterocycles. The fraction of sp³-hybridized carbons (Fsp3) is 0.172. The molecule has 0 aliphatic carbocycles. The summed E-state index contributed by atoms with van der Waals surface area (Å²) in [4.78, 5) is 26.6. The molecule has 0 bridgehead atoms. The van der Waals surface area contributed by atoms with Crippen molar-refractivity contribution in [1.29, 1.82) is 5.26 Å². The van der Waals surface area contributed by atoms with Crippen molar-refractivity contribution in [1.82, 2.24) is 15.1 Å². The Morgan fingerprint density at radius 3 is 2.41 bits per heavy atom. The number of carboxylic acids is 1. The second kappa shape index (κ2) is 10.8. The number of aromatic nitrogens is 2. The molecule has 0 amide bonds. The number of carbonyl (C=O) groups excluding carboxylic acids is 1. The number of Topliss-reactive ketones (excluding diaryl/α,β-unsaturated/α-hetero) is 1. The minimum atomic E-state index is -1.08. The van der Waals surface area contributed by atoms with Crippen LogP contribution in [0.25, 0.3) is 16.9 Å². The number of ketones is 1. The van der Waals surface area contributed by atoms with Crippen molar-refractivity contribution in [3.63, 3.8) is 0 Å². The Balaban J connectivity index is 1.45. The zero-order valence-corrected chi connectivity index (χ0v) is 20.7. The fourth-order valence-corrected chi connectivity index (χ4v) is 5.54. The lowest BCUT2D eigenvalue weighted by atomic mass is 9.97. The summed E-state index contributed by atoms with van der Waals surface area (Å²) in [7, 11) is 0. The molecule has 2 unspecified atom stereocenters. The third-order valence-corrected chi connectivity index (χ3v) is 7.45. The Kier molecular flexibility index (Phi) is 7.17. The molecule has 2 N–H and O–H groups in total. The lowest BCUT2D eigenvalue weighted by Gasteiger charge is -2.18. The summed E-state index contributed by atoms with van der Waals surface area (Å²) in [5.41, 5.74) is 4.56. The predicted octanol–water partition coefficient (Wildman–Crippen LogP) is 4.75. The van der Waals surface area contributed by atoms with Gasteiger partial charge in [-0.25, -0.2) is 4.68 Å². The summed E-state index contributed by atoms with van der Waals surface area (Å²) in [6, 6.07) is 28.0. The van der Waals surface area contributed by atoms with Crippen LogP contribution in [0.2, 0.25) is 0 Å². The molecule has 37 heavy (non-hydrogen) atoms. The summed E-state index contributed by atoms with van der Waals surface area (Å²) in [5.74, 6) is -1.98. The molecule has 0 saturated carbocycles. The van der Waals surface area contributed by atoms with Crippen LogP contribution < -0.4 is 5.32 Å². The molecule has 8 heteroatoms. The van der Waals surface area contributed by atoms with Crippen molar-refractivity contribution in [3.05, 3.63) is 102 Å². The minimum Gasteiger partial charge on any atom is -0.480 e. The van der Waals surface area contributed by atoms with Gasteiger partial charge in [-0.3, -0.25) is 9.59 Å². The Hall–Kier alpha value is -4.19. The van der Waals surface area contributed by atoms with Crippen LogP contribution >= 0.6 is 11.8 Å². The molecule has 1 aromatic heterocycles. The number of benzene rings is 3. The highest BCUT2D eigenvalue weighted by atomic mass is 32.2. The third-order valence-electron chi connectivity index (χ3n) is 6.35. The van der Waals surface area contributed by atoms with Crippen LogP contribution in [0.1, 0.15) is 21.6 Å². The van der Waals surface area contributed by atoms with E-state index in [1.807, 2.05) is 84.9 Å². The van der Waals surface area contributed by atoms with E-state index in [1.165, 1.54) is 0 Å². The number of hydrogen-bond donors (Lipinski definition) is 2. The molecule has 0 radical (unpaired) electrons. The van der Waals surface area contributed by atoms with Crippen molar-refractivity contribution in [2.75, 3.05) is 6.54 Å². The standard InChI is InChI=1S/C29H24N4O3S/c30-16-20(17-31-24(29(35)36)15-19-9-3-1-4-10-19)28(34)26-23-18-37-25-14-8-7-13-22(25)27(23)33(32-26)21-11-5-2-6-12-21/h1-14,20,24,31H,15,17-18H2,(H,35,36). The van der Waals surface area contributed by atoms with Gasteiger partial charge in [0.15, 0.2) is 0 Å². The van der Waals surface area contributed by atoms with Gasteiger partial charge in [0.2, 0.25) is 5.78 Å². The molecule has 1 aliphatic heterocycles. The molecule has 2 atom stereocenters. The van der Waals surface area contributed by atoms with E-state index in [0.717, 1.165) is 33.0 Å². The molecule has 5 rings (SSSR count). The average Bonchev–Trinajstić information content (AvgIpc) is 3.34. The maximum absolute atomic E-state index is 13.7. The van der Waals surface area contributed by atoms with E-state index >= 15 is 0 Å². The van der Waals surface area contributed by atoms with Gasteiger partial charge in [0, 0.05) is 28.3 Å². The van der Waals surface area contributed by atoms with Crippen molar-refractivity contribution in [3.8, 4) is 23.0 Å². The van der Waals surface area contributed by atoms with Gasteiger partial charge in [-0.15, -0.1) is 11.8 Å². The van der Waals surface area contributed by atoms with Gasteiger partial charge in [-0.1, -0.05) is 66.7 Å². The number of aliphatic carboxylic acids is 1. The maximum Gasteiger partial charge on any atom is 0.321 e. The normalized spacial score (nSPS) is 13.6. The van der Waals surface area contributed by atoms with Crippen molar-refractivity contribution in [2.45, 2.75) is 23.1 Å². The Labute approximate surface area is 218 Å². The van der Waals surface area contributed by atoms with Crippen LogP contribution in [-0.4, -0.2) is 39.2 Å². The van der Waals surface area contributed by atoms with E-state index in [9.17, 15) is 20.0 Å². The van der Waals surface area contributed by atoms with Crippen LogP contribution in [0, 0.1) is 17.2 Å². The van der Waals surface area contributed by atoms with E-state index in [2.05, 4.69) is 11.4 Å². The van der Waals surface area contributed by atoms with Crippen molar-refractivity contribution < 1.29 is 14.7 Å². The molecule has 1 aliphatic rings. The number of carboxylic acid groups (broad SMARTS) is 1. The second-order valence-corrected chi connectivity index (χ2v) is 9.76. The maximum atomic E-state index is 13.7. The first-order valence-electron chi connectivity index (χ1n) is 11.9. The second-order valence-electron chi connectivity index (χ2n) is 8.74. The van der Waals surface area contributed by atoms with Gasteiger partial charge in [-0.2, -0.15) is 10.4 Å². The molecule has 0 spiro atoms. The number of carbonyl (C=O) groups is 2. The quantitative estimate of drug-likeness (QED) is 0.314. The summed E-state index contributed by atoms with van der Waals surface area (Å²) in [6.45, 7) is -0.0875. The van der Waals surface area contributed by atoms with Crippen molar-refractivity contribution >= 4 is 23.5 Å². The zero-order chi connectivity index (χ0) is 25.8. The van der Waals surface area contributed by atoms with Crippen LogP contribution in [0.4, 0.5) is 0 Å². The van der Waals surface area contributed by atoms with Gasteiger partial charge in [-0.05, 0) is 30.2 Å². The van der Waals surface area contributed by atoms with Crippen LogP contribution in [0.15, 0.2) is 89.8 Å². The molecule has 3 aromatic carbocycles. The van der Waals surface area contributed by atoms with E-state index < -0.39 is 23.7 Å². The average molecular weight is 509 g/mol. The van der Waals surface area contributed by atoms with E-state index in [-0.39, 0.29) is 18.7 Å². The Morgan fingerprint density at radius 2 is 1.70 bits per heavy atom. The SMILES string of the molecule is N#CC(CNC(Cc1ccccc1)C(=O)O)C(=O)c1nn(-c2ccccc2)c2c1CSc1ccccc1-2. The first-order chi connectivity index (χ1) is 18.1. The van der Waals surface area contributed by atoms with Crippen LogP contribution in [0.5, 0.6) is 0 Å². The highest BCUT2D eigenvalue weighted by Crippen LogP contribution is 2.43. The molecule has 4 aromatic rings. The molecule has 0 saturated heterocycles. The highest BCUT2D eigenvalue weighted by molar-refractivity contribution is 7.98. The van der Waals surface area contributed by atoms with Crippen LogP contribution in [0.3, 0.4) is 0 Å². The zero-order valence-electron chi connectivity index (χ0n) is 19.9. The summed E-state index contributed by atoms with van der Waals surface area (Å²) >= 11 is 1.63. The van der Waals surface area contributed by atoms with Gasteiger partial charge in [0.1, 0.15) is 17.7 Å². The number of para-hydroxylation sites is 1. The predicted molar refractivity (Wildman–Crippen MR) is 142 cm³/mol. The first-order valence-corrected chi connectivity index (χ1v) is 12.9. The number of hydrogen-bond acceptors (Lipinski definition) is 6. The molecule has 7 nitrogen and oxygen atoms in total. The summed E-state index contributed by atoms with van der Waals surface area (Å²) in [6.07, 6.45) is 0.244. The molecule has 0 fully saturated rings. The van der Waals surface area contributed by atoms with E-state index in [4.69, 9.17) is 5.10 Å². The van der Waals surface area contributed by atoms with Crippen molar-refractivity contribution in [2.24, 2.45) is 5.92 Å². The number of nitrogens with one attached hydrogen (secondary N) is 1. The van der Waals surface area contributed by atoms with E-state index in [0.29, 0.717) is 5.75 Å². The third kappa shape index (κ3) is 5.05. The molecular formula is C29H24N4O3S. The number of fused-ring (bicyclic) bond motifs is 3.